The minimum atomic E-state index is -4.22. The molecule has 2 aliphatic rings. The van der Waals surface area contributed by atoms with Gasteiger partial charge < -0.3 is 40.6 Å². The Bertz CT molecular complexity index is 1760. The Hall–Kier alpha value is -3.27. The van der Waals surface area contributed by atoms with E-state index in [0.29, 0.717) is 0 Å². The summed E-state index contributed by atoms with van der Waals surface area (Å²) in [6.07, 6.45) is -8.86. The van der Waals surface area contributed by atoms with Crippen molar-refractivity contribution in [2.24, 2.45) is 0 Å². The molecule has 9 atom stereocenters. The number of hydrogen-bond acceptors (Lipinski definition) is 15. The average molecular weight is 647 g/mol. The summed E-state index contributed by atoms with van der Waals surface area (Å²) in [5.41, 5.74) is 11.0. The summed E-state index contributed by atoms with van der Waals surface area (Å²) in [4.78, 5) is 45.1. The molecule has 1 unspecified atom stereocenters. The van der Waals surface area contributed by atoms with E-state index in [-0.39, 0.29) is 47.1 Å². The first-order valence-corrected chi connectivity index (χ1v) is 15.3. The average Bonchev–Trinajstić information content (AvgIpc) is 3.71. The van der Waals surface area contributed by atoms with Gasteiger partial charge >= 0.3 is 6.72 Å². The Balaban J connectivity index is 1.13. The molecule has 0 radical (unpaired) electrons. The molecule has 43 heavy (non-hydrogen) atoms. The zero-order chi connectivity index (χ0) is 30.6. The number of alkyl halides is 2. The predicted molar refractivity (Wildman–Crippen MR) is 145 cm³/mol. The molecule has 0 aromatic carbocycles. The van der Waals surface area contributed by atoms with Crippen LogP contribution >= 0.6 is 6.72 Å². The van der Waals surface area contributed by atoms with Gasteiger partial charge in [0.15, 0.2) is 47.4 Å². The molecule has 2 saturated heterocycles. The van der Waals surface area contributed by atoms with Crippen molar-refractivity contribution < 1.29 is 42.4 Å². The van der Waals surface area contributed by atoms with Crippen LogP contribution in [0, 0.1) is 0 Å². The maximum atomic E-state index is 15.3. The van der Waals surface area contributed by atoms with Gasteiger partial charge in [-0.3, -0.25) is 23.4 Å². The number of aromatic amines is 1. The quantitative estimate of drug-likeness (QED) is 0.119. The monoisotopic (exact) mass is 646 g/mol. The molecule has 0 saturated carbocycles. The van der Waals surface area contributed by atoms with Gasteiger partial charge in [-0.25, -0.2) is 28.7 Å². The van der Waals surface area contributed by atoms with E-state index in [0.717, 1.165) is 10.9 Å². The summed E-state index contributed by atoms with van der Waals surface area (Å²) in [5.74, 6) is -0.157. The molecule has 22 heteroatoms. The zero-order valence-corrected chi connectivity index (χ0v) is 23.5. The Morgan fingerprint density at radius 1 is 1.05 bits per heavy atom. The molecule has 232 valence electrons. The van der Waals surface area contributed by atoms with Crippen LogP contribution in [0.3, 0.4) is 0 Å². The second-order valence-corrected chi connectivity index (χ2v) is 12.5. The van der Waals surface area contributed by atoms with E-state index in [2.05, 4.69) is 29.9 Å². The van der Waals surface area contributed by atoms with Gasteiger partial charge in [-0.15, -0.1) is 0 Å². The van der Waals surface area contributed by atoms with Gasteiger partial charge in [0.2, 0.25) is 5.95 Å². The predicted octanol–water partition coefficient (Wildman–Crippen LogP) is -1.04. The number of anilines is 2. The molecular weight excluding hydrogens is 621 g/mol. The lowest BCUT2D eigenvalue weighted by Gasteiger charge is -2.25. The van der Waals surface area contributed by atoms with Crippen molar-refractivity contribution in [1.82, 2.24) is 39.0 Å². The van der Waals surface area contributed by atoms with Crippen molar-refractivity contribution in [3.05, 3.63) is 29.3 Å². The number of rotatable bonds is 9. The molecular formula is C21H25F2N10O8PS. The highest BCUT2D eigenvalue weighted by Gasteiger charge is 2.50. The second-order valence-electron chi connectivity index (χ2n) is 9.71. The fourth-order valence-electron chi connectivity index (χ4n) is 5.00. The molecule has 0 aliphatic carbocycles. The lowest BCUT2D eigenvalue weighted by atomic mass is 10.1. The highest BCUT2D eigenvalue weighted by atomic mass is 32.5. The summed E-state index contributed by atoms with van der Waals surface area (Å²) < 4.78 is 54.9. The Kier molecular flexibility index (Phi) is 7.85. The molecule has 4 aromatic heterocycles. The van der Waals surface area contributed by atoms with Crippen LogP contribution in [0.2, 0.25) is 0 Å². The fraction of sp³-hybridized carbons (Fsp3) is 0.524. The second kappa shape index (κ2) is 11.3. The van der Waals surface area contributed by atoms with Gasteiger partial charge in [0.1, 0.15) is 30.2 Å². The van der Waals surface area contributed by atoms with Gasteiger partial charge in [0.25, 0.3) is 5.56 Å². The first kappa shape index (κ1) is 29.8. The van der Waals surface area contributed by atoms with E-state index >= 15 is 8.78 Å². The number of nitrogens with one attached hydrogen (secondary N) is 1. The number of nitrogens with zero attached hydrogens (tertiary/aromatic N) is 7. The van der Waals surface area contributed by atoms with Crippen molar-refractivity contribution >= 4 is 52.6 Å². The molecule has 2 aliphatic heterocycles. The first-order chi connectivity index (χ1) is 20.5. The Labute approximate surface area is 243 Å². The summed E-state index contributed by atoms with van der Waals surface area (Å²) in [6.45, 7) is -5.35. The van der Waals surface area contributed by atoms with Crippen molar-refractivity contribution in [2.45, 2.75) is 55.6 Å². The van der Waals surface area contributed by atoms with Gasteiger partial charge in [0, 0.05) is 6.42 Å². The van der Waals surface area contributed by atoms with Crippen molar-refractivity contribution in [1.29, 1.82) is 0 Å². The molecule has 8 N–H and O–H groups in total. The first-order valence-electron chi connectivity index (χ1n) is 12.7. The topological polar surface area (TPSA) is 257 Å². The number of aliphatic hydroxyl groups is 2. The van der Waals surface area contributed by atoms with Gasteiger partial charge in [-0.1, -0.05) is 0 Å². The standard InChI is InChI=1S/C21H25F2N10O8PS/c22-9-8(3-34)40-20(33-6-29-12-17(33)30-21(25)31-18(12)36)14(9)41-42(37,43)38-2-1-7-13(35)10(23)19(39-7)32-5-28-11-15(24)26-4-27-16(11)32/h4-10,13-14,19-20,34-35H,1-3H2,(H,37,43)(H2,24,26,27)(H3,25,30,31,36)/t7-,8-,9+,10+,13-,14-,19-,20-,42?/m1/s1. The number of ether oxygens (including phenoxy) is 2. The molecule has 6 rings (SSSR count). The SMILES string of the molecule is Nc1nc2c(ncn2[C@@H]2O[C@H](CO)[C@H](F)[C@H]2OP(O)(=S)OCC[C@H]2O[C@@H](n3cnc4c(N)ncnc43)[C@@H](F)[C@@H]2O)c(=O)[nH]1. The third-order valence-electron chi connectivity index (χ3n) is 7.04. The number of H-pyrrole nitrogens is 1. The summed E-state index contributed by atoms with van der Waals surface area (Å²) in [5, 5.41) is 20.1. The fourth-order valence-corrected chi connectivity index (χ4v) is 6.45. The van der Waals surface area contributed by atoms with Crippen LogP contribution in [0.15, 0.2) is 23.8 Å². The third kappa shape index (κ3) is 5.36. The number of fused-ring (bicyclic) bond motifs is 2. The summed E-state index contributed by atoms with van der Waals surface area (Å²) in [6, 6.07) is 0. The van der Waals surface area contributed by atoms with E-state index in [1.165, 1.54) is 17.2 Å². The number of nitrogen functional groups attached to an aromatic ring is 2. The highest BCUT2D eigenvalue weighted by molar-refractivity contribution is 8.07. The number of aromatic nitrogens is 8. The third-order valence-corrected chi connectivity index (χ3v) is 8.63. The minimum Gasteiger partial charge on any atom is -0.394 e. The zero-order valence-electron chi connectivity index (χ0n) is 21.8. The molecule has 2 fully saturated rings. The van der Waals surface area contributed by atoms with Crippen LogP contribution in [0.4, 0.5) is 20.5 Å². The maximum Gasteiger partial charge on any atom is 0.325 e. The molecule has 6 heterocycles. The van der Waals surface area contributed by atoms with Crippen LogP contribution in [0.5, 0.6) is 0 Å². The van der Waals surface area contributed by atoms with E-state index < -0.39 is 68.1 Å². The van der Waals surface area contributed by atoms with Crippen molar-refractivity contribution in [3.8, 4) is 0 Å². The van der Waals surface area contributed by atoms with Crippen LogP contribution in [-0.2, 0) is 30.3 Å². The smallest absolute Gasteiger partial charge is 0.325 e. The maximum absolute atomic E-state index is 15.3. The number of nitrogens with two attached hydrogens (primary N) is 2. The summed E-state index contributed by atoms with van der Waals surface area (Å²) >= 11 is 5.08. The van der Waals surface area contributed by atoms with E-state index in [4.69, 9.17) is 41.8 Å². The van der Waals surface area contributed by atoms with Crippen LogP contribution in [0.25, 0.3) is 22.3 Å². The minimum absolute atomic E-state index is 0.0691. The van der Waals surface area contributed by atoms with E-state index in [1.54, 1.807) is 0 Å². The lowest BCUT2D eigenvalue weighted by molar-refractivity contribution is -0.0488. The number of imidazole rings is 2. The number of hydrogen-bond donors (Lipinski definition) is 6. The van der Waals surface area contributed by atoms with Crippen LogP contribution in [-0.4, -0.2) is 104 Å². The molecule has 0 bridgehead atoms. The van der Waals surface area contributed by atoms with Gasteiger partial charge in [-0.2, -0.15) is 4.98 Å². The van der Waals surface area contributed by atoms with Gasteiger partial charge in [0.05, 0.1) is 32.0 Å². The lowest BCUT2D eigenvalue weighted by Crippen LogP contribution is -2.32. The molecule has 18 nitrogen and oxygen atoms in total. The Morgan fingerprint density at radius 3 is 2.49 bits per heavy atom. The Morgan fingerprint density at radius 2 is 1.74 bits per heavy atom. The van der Waals surface area contributed by atoms with Crippen molar-refractivity contribution in [3.63, 3.8) is 0 Å². The molecule has 0 spiro atoms. The molecule has 4 aromatic rings. The van der Waals surface area contributed by atoms with E-state index in [9.17, 15) is 19.9 Å². The van der Waals surface area contributed by atoms with Crippen LogP contribution in [0.1, 0.15) is 18.9 Å². The van der Waals surface area contributed by atoms with Crippen LogP contribution < -0.4 is 17.0 Å². The van der Waals surface area contributed by atoms with Gasteiger partial charge in [-0.05, 0) is 11.8 Å². The van der Waals surface area contributed by atoms with Crippen molar-refractivity contribution in [2.75, 3.05) is 24.7 Å². The number of aliphatic hydroxyl groups excluding tert-OH is 2. The van der Waals surface area contributed by atoms with E-state index in [1.807, 2.05) is 0 Å². The largest absolute Gasteiger partial charge is 0.394 e. The number of halogens is 2. The highest BCUT2D eigenvalue weighted by Crippen LogP contribution is 2.50. The normalized spacial score (nSPS) is 30.8. The molecule has 0 amide bonds. The summed E-state index contributed by atoms with van der Waals surface area (Å²) in [7, 11) is 0.